The summed E-state index contributed by atoms with van der Waals surface area (Å²) in [5, 5.41) is 3.58. The second-order valence-electron chi connectivity index (χ2n) is 7.78. The molecule has 0 saturated heterocycles. The molecule has 0 N–H and O–H groups in total. The summed E-state index contributed by atoms with van der Waals surface area (Å²) in [5.74, 6) is 2.68. The molecule has 3 aromatic rings. The quantitative estimate of drug-likeness (QED) is 0.284. The summed E-state index contributed by atoms with van der Waals surface area (Å²) < 4.78 is 7.19. The second kappa shape index (κ2) is 7.45. The number of carbonyl (C=O) groups is 1. The van der Waals surface area contributed by atoms with Crippen molar-refractivity contribution < 1.29 is 9.53 Å². The number of thiophene rings is 1. The van der Waals surface area contributed by atoms with Crippen LogP contribution in [0.3, 0.4) is 0 Å². The van der Waals surface area contributed by atoms with Gasteiger partial charge < -0.3 is 4.74 Å². The third kappa shape index (κ3) is 3.34. The van der Waals surface area contributed by atoms with Gasteiger partial charge in [-0.15, -0.1) is 6.42 Å². The molecule has 1 aliphatic rings. The van der Waals surface area contributed by atoms with Crippen LogP contribution in [0.25, 0.3) is 15.0 Å². The van der Waals surface area contributed by atoms with Gasteiger partial charge in [-0.2, -0.15) is 0 Å². The van der Waals surface area contributed by atoms with Crippen molar-refractivity contribution in [1.29, 1.82) is 0 Å². The molecule has 0 bridgehead atoms. The molecule has 1 fully saturated rings. The number of esters is 1. The molecular weight excluding hydrogens is 364 g/mol. The second-order valence-corrected chi connectivity index (χ2v) is 9.61. The van der Waals surface area contributed by atoms with E-state index in [0.29, 0.717) is 5.56 Å². The maximum Gasteiger partial charge on any atom is 0.339 e. The highest BCUT2D eigenvalue weighted by Gasteiger charge is 2.38. The summed E-state index contributed by atoms with van der Waals surface area (Å²) in [6.45, 7) is 4.02. The van der Waals surface area contributed by atoms with Gasteiger partial charge in [0, 0.05) is 33.4 Å². The van der Waals surface area contributed by atoms with Crippen LogP contribution in [0.1, 0.15) is 48.5 Å². The first-order valence-electron chi connectivity index (χ1n) is 9.84. The van der Waals surface area contributed by atoms with Crippen LogP contribution in [-0.4, -0.2) is 11.6 Å². The van der Waals surface area contributed by atoms with Crippen molar-refractivity contribution in [3.8, 4) is 17.2 Å². The topological polar surface area (TPSA) is 26.3 Å². The van der Waals surface area contributed by atoms with Gasteiger partial charge in [0.25, 0.3) is 0 Å². The molecule has 4 rings (SSSR count). The smallest absolute Gasteiger partial charge is 0.339 e. The van der Waals surface area contributed by atoms with Crippen molar-refractivity contribution in [2.45, 2.75) is 45.1 Å². The van der Waals surface area contributed by atoms with Crippen molar-refractivity contribution in [2.24, 2.45) is 5.92 Å². The molecular formula is C25H25O2S+. The number of fused-ring (bicyclic) bond motifs is 1. The van der Waals surface area contributed by atoms with Crippen molar-refractivity contribution in [3.63, 3.8) is 0 Å². The van der Waals surface area contributed by atoms with Crippen LogP contribution in [0.15, 0.2) is 53.9 Å². The number of carbonyl (C=O) groups excluding carboxylic acids is 1. The van der Waals surface area contributed by atoms with Gasteiger partial charge in [0.15, 0.2) is 15.2 Å². The molecule has 3 heteroatoms. The van der Waals surface area contributed by atoms with Crippen molar-refractivity contribution in [3.05, 3.63) is 65.0 Å². The van der Waals surface area contributed by atoms with Crippen LogP contribution >= 0.6 is 10.5 Å². The van der Waals surface area contributed by atoms with Gasteiger partial charge in [0.1, 0.15) is 5.38 Å². The van der Waals surface area contributed by atoms with Crippen molar-refractivity contribution in [2.75, 3.05) is 0 Å². The fourth-order valence-corrected chi connectivity index (χ4v) is 6.37. The molecule has 0 amide bonds. The average Bonchev–Trinajstić information content (AvgIpc) is 3.37. The highest BCUT2D eigenvalue weighted by Crippen LogP contribution is 2.42. The zero-order chi connectivity index (χ0) is 19.7. The van der Waals surface area contributed by atoms with Crippen molar-refractivity contribution >= 4 is 26.5 Å². The summed E-state index contributed by atoms with van der Waals surface area (Å²) >= 11 is 0. The number of terminal acetylenes is 1. The molecule has 1 aliphatic carbocycles. The third-order valence-electron chi connectivity index (χ3n) is 5.89. The summed E-state index contributed by atoms with van der Waals surface area (Å²) in [6.07, 6.45) is 10.1. The van der Waals surface area contributed by atoms with Gasteiger partial charge in [-0.3, -0.25) is 0 Å². The summed E-state index contributed by atoms with van der Waals surface area (Å²) in [4.78, 5) is 14.0. The minimum atomic E-state index is -0.831. The molecule has 2 atom stereocenters. The molecule has 1 heterocycles. The first-order valence-corrected chi connectivity index (χ1v) is 11.1. The number of aryl methyl sites for hydroxylation is 1. The molecule has 0 radical (unpaired) electrons. The molecule has 28 heavy (non-hydrogen) atoms. The molecule has 2 aromatic carbocycles. The first-order chi connectivity index (χ1) is 13.5. The Bertz CT molecular complexity index is 1070. The Kier molecular flexibility index (Phi) is 5.00. The zero-order valence-corrected chi connectivity index (χ0v) is 17.2. The fraction of sp³-hybridized carbons (Fsp3) is 0.320. The van der Waals surface area contributed by atoms with Crippen LogP contribution in [0, 0.1) is 25.2 Å². The Hall–Kier alpha value is -2.57. The minimum absolute atomic E-state index is 0.160. The molecule has 1 saturated carbocycles. The van der Waals surface area contributed by atoms with Crippen LogP contribution in [0.4, 0.5) is 0 Å². The third-order valence-corrected chi connectivity index (χ3v) is 8.07. The van der Waals surface area contributed by atoms with Gasteiger partial charge in [-0.05, 0) is 51.0 Å². The SMILES string of the molecule is C#CC(C)(OC(=O)c1cccc(-[s+]2cc(C)c3ccccc32)c1)C1CCCC1. The number of rotatable bonds is 4. The van der Waals surface area contributed by atoms with Crippen LogP contribution in [0.2, 0.25) is 0 Å². The molecule has 142 valence electrons. The largest absolute Gasteiger partial charge is 0.442 e. The molecule has 1 aromatic heterocycles. The molecule has 2 unspecified atom stereocenters. The van der Waals surface area contributed by atoms with Gasteiger partial charge in [-0.1, -0.05) is 37.0 Å². The normalized spacial score (nSPS) is 17.2. The van der Waals surface area contributed by atoms with E-state index >= 15 is 0 Å². The number of hydrogen-bond donors (Lipinski definition) is 0. The molecule has 0 aliphatic heterocycles. The highest BCUT2D eigenvalue weighted by molar-refractivity contribution is 7.43. The lowest BCUT2D eigenvalue weighted by molar-refractivity contribution is -0.00788. The maximum absolute atomic E-state index is 12.9. The number of ether oxygens (including phenoxy) is 1. The monoisotopic (exact) mass is 389 g/mol. The lowest BCUT2D eigenvalue weighted by atomic mass is 9.88. The standard InChI is InChI=1S/C25H25O2S/c1-4-25(3,20-11-5-6-12-20)27-24(26)19-10-9-13-21(16-19)28-17-18(2)22-14-7-8-15-23(22)28/h1,7-10,13-17,20H,5-6,11-12H2,2-3H3/q+1. The van der Waals surface area contributed by atoms with E-state index in [9.17, 15) is 4.79 Å². The summed E-state index contributed by atoms with van der Waals surface area (Å²) in [6, 6.07) is 16.3. The Morgan fingerprint density at radius 2 is 1.93 bits per heavy atom. The predicted molar refractivity (Wildman–Crippen MR) is 117 cm³/mol. The van der Waals surface area contributed by atoms with Gasteiger partial charge >= 0.3 is 5.97 Å². The average molecular weight is 390 g/mol. The number of benzene rings is 2. The van der Waals surface area contributed by atoms with Crippen molar-refractivity contribution in [1.82, 2.24) is 0 Å². The summed E-state index contributed by atoms with van der Waals surface area (Å²) in [7, 11) is -0.160. The van der Waals surface area contributed by atoms with Crippen LogP contribution in [0.5, 0.6) is 0 Å². The number of hydrogen-bond acceptors (Lipinski definition) is 2. The van der Waals surface area contributed by atoms with Gasteiger partial charge in [-0.25, -0.2) is 4.79 Å². The van der Waals surface area contributed by atoms with Crippen LogP contribution in [-0.2, 0) is 4.74 Å². The highest BCUT2D eigenvalue weighted by atomic mass is 32.2. The van der Waals surface area contributed by atoms with E-state index < -0.39 is 5.60 Å². The Morgan fingerprint density at radius 1 is 1.18 bits per heavy atom. The van der Waals surface area contributed by atoms with E-state index in [0.717, 1.165) is 30.6 Å². The minimum Gasteiger partial charge on any atom is -0.442 e. The first kappa shape index (κ1) is 18.8. The Balaban J connectivity index is 1.65. The Labute approximate surface area is 169 Å². The van der Waals surface area contributed by atoms with E-state index in [1.165, 1.54) is 15.6 Å². The lowest BCUT2D eigenvalue weighted by Crippen LogP contribution is -2.37. The van der Waals surface area contributed by atoms with E-state index in [2.05, 4.69) is 48.6 Å². The van der Waals surface area contributed by atoms with Gasteiger partial charge in [0.05, 0.1) is 5.56 Å². The maximum atomic E-state index is 12.9. The van der Waals surface area contributed by atoms with Gasteiger partial charge in [0.2, 0.25) is 0 Å². The summed E-state index contributed by atoms with van der Waals surface area (Å²) in [5.41, 5.74) is 1.02. The van der Waals surface area contributed by atoms with E-state index in [-0.39, 0.29) is 22.4 Å². The zero-order valence-electron chi connectivity index (χ0n) is 16.4. The van der Waals surface area contributed by atoms with E-state index in [1.807, 2.05) is 25.1 Å². The molecule has 0 spiro atoms. The van der Waals surface area contributed by atoms with E-state index in [1.54, 1.807) is 0 Å². The van der Waals surface area contributed by atoms with Crippen LogP contribution < -0.4 is 0 Å². The predicted octanol–water partition coefficient (Wildman–Crippen LogP) is 6.63. The fourth-order valence-electron chi connectivity index (χ4n) is 4.20. The van der Waals surface area contributed by atoms with E-state index in [4.69, 9.17) is 11.2 Å². The Morgan fingerprint density at radius 3 is 2.68 bits per heavy atom. The lowest BCUT2D eigenvalue weighted by Gasteiger charge is -2.30. The molecule has 2 nitrogen and oxygen atoms in total.